The molecule has 27 heavy (non-hydrogen) atoms. The molecule has 0 radical (unpaired) electrons. The summed E-state index contributed by atoms with van der Waals surface area (Å²) in [5, 5.41) is 8.50. The number of carbonyl (C=O) groups is 1. The Kier molecular flexibility index (Phi) is 6.25. The summed E-state index contributed by atoms with van der Waals surface area (Å²) in [5.74, 6) is 0.656. The number of rotatable bonds is 4. The Morgan fingerprint density at radius 1 is 1.07 bits per heavy atom. The number of hydrogen-bond donors (Lipinski definition) is 0. The molecular weight excluding hydrogens is 358 g/mol. The first-order valence-electron chi connectivity index (χ1n) is 9.74. The van der Waals surface area contributed by atoms with Gasteiger partial charge >= 0.3 is 0 Å². The molecule has 1 unspecified atom stereocenters. The highest BCUT2D eigenvalue weighted by atomic mass is 32.2. The standard InChI is InChI=1S/C21H29N3O2S/c1-15(19(25)24-13-7-5-6-8-14-24)27-20-23-22-18(26-20)16-9-11-17(12-10-16)21(2,3)4/h9-12,15H,5-8,13-14H2,1-4H3. The van der Waals surface area contributed by atoms with Crippen molar-refractivity contribution in [3.8, 4) is 11.5 Å². The molecule has 0 aliphatic carbocycles. The van der Waals surface area contributed by atoms with Crippen LogP contribution in [-0.4, -0.2) is 39.3 Å². The average molecular weight is 388 g/mol. The molecule has 0 N–H and O–H groups in total. The van der Waals surface area contributed by atoms with E-state index in [2.05, 4.69) is 43.1 Å². The summed E-state index contributed by atoms with van der Waals surface area (Å²) >= 11 is 1.34. The second kappa shape index (κ2) is 8.46. The van der Waals surface area contributed by atoms with E-state index in [4.69, 9.17) is 4.42 Å². The molecule has 3 rings (SSSR count). The lowest BCUT2D eigenvalue weighted by atomic mass is 9.87. The predicted octanol–water partition coefficient (Wildman–Crippen LogP) is 4.92. The Hall–Kier alpha value is -1.82. The molecule has 5 nitrogen and oxygen atoms in total. The van der Waals surface area contributed by atoms with E-state index < -0.39 is 0 Å². The topological polar surface area (TPSA) is 59.2 Å². The van der Waals surface area contributed by atoms with Gasteiger partial charge in [-0.15, -0.1) is 10.2 Å². The lowest BCUT2D eigenvalue weighted by Gasteiger charge is -2.23. The Morgan fingerprint density at radius 2 is 1.70 bits per heavy atom. The monoisotopic (exact) mass is 387 g/mol. The summed E-state index contributed by atoms with van der Waals surface area (Å²) < 4.78 is 5.80. The molecule has 1 aromatic carbocycles. The number of likely N-dealkylation sites (tertiary alicyclic amines) is 1. The van der Waals surface area contributed by atoms with Crippen LogP contribution >= 0.6 is 11.8 Å². The molecule has 1 amide bonds. The third kappa shape index (κ3) is 5.12. The van der Waals surface area contributed by atoms with E-state index in [1.54, 1.807) is 0 Å². The van der Waals surface area contributed by atoms with Crippen molar-refractivity contribution in [2.45, 2.75) is 69.3 Å². The highest BCUT2D eigenvalue weighted by Crippen LogP contribution is 2.29. The van der Waals surface area contributed by atoms with Crippen LogP contribution in [0.1, 0.15) is 58.9 Å². The zero-order valence-electron chi connectivity index (χ0n) is 16.7. The van der Waals surface area contributed by atoms with Crippen molar-refractivity contribution in [1.29, 1.82) is 0 Å². The molecule has 1 aromatic heterocycles. The van der Waals surface area contributed by atoms with Crippen LogP contribution < -0.4 is 0 Å². The van der Waals surface area contributed by atoms with E-state index in [0.29, 0.717) is 11.1 Å². The van der Waals surface area contributed by atoms with Crippen molar-refractivity contribution in [1.82, 2.24) is 15.1 Å². The van der Waals surface area contributed by atoms with Crippen LogP contribution in [0.3, 0.4) is 0 Å². The number of nitrogens with zero attached hydrogens (tertiary/aromatic N) is 3. The van der Waals surface area contributed by atoms with Gasteiger partial charge in [-0.2, -0.15) is 0 Å². The minimum absolute atomic E-state index is 0.109. The molecule has 2 heterocycles. The molecule has 0 spiro atoms. The maximum absolute atomic E-state index is 12.7. The van der Waals surface area contributed by atoms with Crippen LogP contribution in [0.2, 0.25) is 0 Å². The summed E-state index contributed by atoms with van der Waals surface area (Å²) in [6, 6.07) is 8.21. The van der Waals surface area contributed by atoms with Gasteiger partial charge in [0.1, 0.15) is 0 Å². The molecule has 6 heteroatoms. The number of amides is 1. The van der Waals surface area contributed by atoms with Gasteiger partial charge in [0.15, 0.2) is 0 Å². The van der Waals surface area contributed by atoms with Crippen LogP contribution in [0.5, 0.6) is 0 Å². The Bertz CT molecular complexity index is 756. The highest BCUT2D eigenvalue weighted by molar-refractivity contribution is 8.00. The number of hydrogen-bond acceptors (Lipinski definition) is 5. The largest absolute Gasteiger partial charge is 0.411 e. The van der Waals surface area contributed by atoms with E-state index in [0.717, 1.165) is 31.5 Å². The predicted molar refractivity (Wildman–Crippen MR) is 109 cm³/mol. The van der Waals surface area contributed by atoms with Gasteiger partial charge in [0.05, 0.1) is 5.25 Å². The maximum Gasteiger partial charge on any atom is 0.277 e. The third-order valence-electron chi connectivity index (χ3n) is 4.95. The van der Waals surface area contributed by atoms with E-state index >= 15 is 0 Å². The quantitative estimate of drug-likeness (QED) is 0.697. The second-order valence-corrected chi connectivity index (χ2v) is 9.49. The second-order valence-electron chi connectivity index (χ2n) is 8.20. The fourth-order valence-corrected chi connectivity index (χ4v) is 4.00. The van der Waals surface area contributed by atoms with Gasteiger partial charge in [0.2, 0.25) is 11.8 Å². The fraction of sp³-hybridized carbons (Fsp3) is 0.571. The fourth-order valence-electron chi connectivity index (χ4n) is 3.24. The molecular formula is C21H29N3O2S. The lowest BCUT2D eigenvalue weighted by molar-refractivity contribution is -0.130. The number of benzene rings is 1. The number of thioether (sulfide) groups is 1. The first-order valence-corrected chi connectivity index (χ1v) is 10.6. The van der Waals surface area contributed by atoms with Crippen molar-refractivity contribution in [3.63, 3.8) is 0 Å². The molecule has 1 aliphatic rings. The van der Waals surface area contributed by atoms with Crippen LogP contribution in [0, 0.1) is 0 Å². The van der Waals surface area contributed by atoms with Gasteiger partial charge in [-0.1, -0.05) is 57.5 Å². The average Bonchev–Trinajstić information content (AvgIpc) is 2.93. The van der Waals surface area contributed by atoms with Gasteiger partial charge in [-0.3, -0.25) is 4.79 Å². The van der Waals surface area contributed by atoms with Crippen LogP contribution in [0.15, 0.2) is 33.9 Å². The molecule has 1 aliphatic heterocycles. The summed E-state index contributed by atoms with van der Waals surface area (Å²) in [6.07, 6.45) is 4.62. The van der Waals surface area contributed by atoms with E-state index in [1.807, 2.05) is 24.0 Å². The van der Waals surface area contributed by atoms with Crippen LogP contribution in [-0.2, 0) is 10.2 Å². The Morgan fingerprint density at radius 3 is 2.30 bits per heavy atom. The Balaban J connectivity index is 1.64. The minimum atomic E-state index is -0.223. The zero-order chi connectivity index (χ0) is 19.4. The lowest BCUT2D eigenvalue weighted by Crippen LogP contribution is -2.37. The van der Waals surface area contributed by atoms with Crippen LogP contribution in [0.4, 0.5) is 0 Å². The molecule has 0 bridgehead atoms. The van der Waals surface area contributed by atoms with Crippen molar-refractivity contribution in [2.24, 2.45) is 0 Å². The van der Waals surface area contributed by atoms with Crippen molar-refractivity contribution in [3.05, 3.63) is 29.8 Å². The molecule has 1 saturated heterocycles. The van der Waals surface area contributed by atoms with E-state index in [-0.39, 0.29) is 16.6 Å². The third-order valence-corrected chi connectivity index (χ3v) is 5.87. The smallest absolute Gasteiger partial charge is 0.277 e. The van der Waals surface area contributed by atoms with Gasteiger partial charge in [-0.05, 0) is 42.9 Å². The first-order chi connectivity index (χ1) is 12.8. The van der Waals surface area contributed by atoms with Crippen LogP contribution in [0.25, 0.3) is 11.5 Å². The van der Waals surface area contributed by atoms with Gasteiger partial charge in [0.25, 0.3) is 5.22 Å². The zero-order valence-corrected chi connectivity index (χ0v) is 17.5. The summed E-state index contributed by atoms with van der Waals surface area (Å²) in [5.41, 5.74) is 2.27. The van der Waals surface area contributed by atoms with Gasteiger partial charge < -0.3 is 9.32 Å². The molecule has 2 aromatic rings. The Labute approximate surface area is 165 Å². The summed E-state index contributed by atoms with van der Waals surface area (Å²) in [7, 11) is 0. The van der Waals surface area contributed by atoms with Crippen molar-refractivity contribution in [2.75, 3.05) is 13.1 Å². The van der Waals surface area contributed by atoms with E-state index in [1.165, 1.54) is 30.2 Å². The van der Waals surface area contributed by atoms with Gasteiger partial charge in [0, 0.05) is 18.7 Å². The minimum Gasteiger partial charge on any atom is -0.411 e. The normalized spacial score (nSPS) is 16.8. The summed E-state index contributed by atoms with van der Waals surface area (Å²) in [4.78, 5) is 14.7. The number of carbonyl (C=O) groups excluding carboxylic acids is 1. The van der Waals surface area contributed by atoms with Crippen molar-refractivity contribution >= 4 is 17.7 Å². The molecule has 1 atom stereocenters. The number of aromatic nitrogens is 2. The summed E-state index contributed by atoms with van der Waals surface area (Å²) in [6.45, 7) is 10.2. The molecule has 0 saturated carbocycles. The van der Waals surface area contributed by atoms with E-state index in [9.17, 15) is 4.79 Å². The van der Waals surface area contributed by atoms with Crippen molar-refractivity contribution < 1.29 is 9.21 Å². The molecule has 146 valence electrons. The maximum atomic E-state index is 12.7. The highest BCUT2D eigenvalue weighted by Gasteiger charge is 2.24. The first kappa shape index (κ1) is 19.9. The SMILES string of the molecule is CC(Sc1nnc(-c2ccc(C(C)(C)C)cc2)o1)C(=O)N1CCCCCC1. The molecule has 1 fully saturated rings. The van der Waals surface area contributed by atoms with Gasteiger partial charge in [-0.25, -0.2) is 0 Å².